The Morgan fingerprint density at radius 2 is 2.00 bits per heavy atom. The summed E-state index contributed by atoms with van der Waals surface area (Å²) in [5.41, 5.74) is 1.02. The number of aromatic nitrogens is 2. The molecule has 0 fully saturated rings. The van der Waals surface area contributed by atoms with Gasteiger partial charge in [0.25, 0.3) is 5.56 Å². The summed E-state index contributed by atoms with van der Waals surface area (Å²) in [6.07, 6.45) is 0. The van der Waals surface area contributed by atoms with Crippen LogP contribution in [0.1, 0.15) is 37.0 Å². The van der Waals surface area contributed by atoms with Gasteiger partial charge in [-0.25, -0.2) is 4.98 Å². The molecule has 0 aromatic carbocycles. The lowest BCUT2D eigenvalue weighted by molar-refractivity contribution is -0.142. The summed E-state index contributed by atoms with van der Waals surface area (Å²) in [7, 11) is 1.33. The highest BCUT2D eigenvalue weighted by molar-refractivity contribution is 5.75. The SMILES string of the molecule is COC(=O)[C@H](C)NC(C)c1c(C)nc(C)[nH]c1=O. The maximum absolute atomic E-state index is 11.9. The number of rotatable bonds is 4. The van der Waals surface area contributed by atoms with Gasteiger partial charge < -0.3 is 9.72 Å². The Morgan fingerprint density at radius 3 is 2.50 bits per heavy atom. The molecule has 18 heavy (non-hydrogen) atoms. The maximum Gasteiger partial charge on any atom is 0.322 e. The molecule has 1 aromatic rings. The number of carbonyl (C=O) groups excluding carboxylic acids is 1. The van der Waals surface area contributed by atoms with Crippen LogP contribution in [0.15, 0.2) is 4.79 Å². The Morgan fingerprint density at radius 1 is 1.39 bits per heavy atom. The van der Waals surface area contributed by atoms with E-state index < -0.39 is 6.04 Å². The van der Waals surface area contributed by atoms with Gasteiger partial charge >= 0.3 is 5.97 Å². The summed E-state index contributed by atoms with van der Waals surface area (Å²) >= 11 is 0. The van der Waals surface area contributed by atoms with E-state index in [4.69, 9.17) is 0 Å². The fourth-order valence-electron chi connectivity index (χ4n) is 1.95. The zero-order valence-corrected chi connectivity index (χ0v) is 11.3. The summed E-state index contributed by atoms with van der Waals surface area (Å²) in [5, 5.41) is 3.01. The van der Waals surface area contributed by atoms with E-state index in [-0.39, 0.29) is 17.6 Å². The Bertz CT molecular complexity index is 496. The van der Waals surface area contributed by atoms with Gasteiger partial charge in [0.15, 0.2) is 0 Å². The molecular formula is C12H19N3O3. The average molecular weight is 253 g/mol. The number of methoxy groups -OCH3 is 1. The van der Waals surface area contributed by atoms with E-state index in [1.54, 1.807) is 20.8 Å². The highest BCUT2D eigenvalue weighted by Crippen LogP contribution is 2.11. The molecule has 0 saturated carbocycles. The van der Waals surface area contributed by atoms with Crippen molar-refractivity contribution in [2.75, 3.05) is 7.11 Å². The number of nitrogens with one attached hydrogen (secondary N) is 2. The lowest BCUT2D eigenvalue weighted by atomic mass is 10.1. The Labute approximate surface area is 106 Å². The van der Waals surface area contributed by atoms with Crippen molar-refractivity contribution < 1.29 is 9.53 Å². The maximum atomic E-state index is 11.9. The number of hydrogen-bond acceptors (Lipinski definition) is 5. The van der Waals surface area contributed by atoms with Gasteiger partial charge in [-0.05, 0) is 27.7 Å². The summed E-state index contributed by atoms with van der Waals surface area (Å²) in [4.78, 5) is 30.1. The van der Waals surface area contributed by atoms with Crippen LogP contribution >= 0.6 is 0 Å². The third-order valence-electron chi connectivity index (χ3n) is 2.75. The normalized spacial score (nSPS) is 14.1. The number of hydrogen-bond donors (Lipinski definition) is 2. The number of esters is 1. The minimum atomic E-state index is -0.481. The lowest BCUT2D eigenvalue weighted by Crippen LogP contribution is -2.38. The largest absolute Gasteiger partial charge is 0.468 e. The molecule has 0 aliphatic carbocycles. The van der Waals surface area contributed by atoms with Crippen LogP contribution in [0.4, 0.5) is 0 Å². The lowest BCUT2D eigenvalue weighted by Gasteiger charge is -2.19. The van der Waals surface area contributed by atoms with Crippen molar-refractivity contribution in [1.82, 2.24) is 15.3 Å². The van der Waals surface area contributed by atoms with E-state index in [0.29, 0.717) is 17.1 Å². The Kier molecular flexibility index (Phi) is 4.61. The predicted molar refractivity (Wildman–Crippen MR) is 67.4 cm³/mol. The van der Waals surface area contributed by atoms with Gasteiger partial charge in [0, 0.05) is 11.7 Å². The first-order valence-electron chi connectivity index (χ1n) is 5.78. The zero-order valence-electron chi connectivity index (χ0n) is 11.3. The van der Waals surface area contributed by atoms with Gasteiger partial charge in [0.1, 0.15) is 11.9 Å². The van der Waals surface area contributed by atoms with Gasteiger partial charge in [-0.1, -0.05) is 0 Å². The molecule has 0 aliphatic rings. The molecule has 1 aromatic heterocycles. The van der Waals surface area contributed by atoms with Crippen molar-refractivity contribution in [2.24, 2.45) is 0 Å². The first-order valence-corrected chi connectivity index (χ1v) is 5.78. The zero-order chi connectivity index (χ0) is 13.9. The fourth-order valence-corrected chi connectivity index (χ4v) is 1.95. The summed E-state index contributed by atoms with van der Waals surface area (Å²) < 4.78 is 4.63. The van der Waals surface area contributed by atoms with E-state index in [9.17, 15) is 9.59 Å². The van der Waals surface area contributed by atoms with E-state index in [1.165, 1.54) is 7.11 Å². The van der Waals surface area contributed by atoms with Crippen molar-refractivity contribution in [3.05, 3.63) is 27.4 Å². The molecule has 0 amide bonds. The van der Waals surface area contributed by atoms with Crippen molar-refractivity contribution in [3.63, 3.8) is 0 Å². The number of carbonyl (C=O) groups is 1. The van der Waals surface area contributed by atoms with Gasteiger partial charge in [0.2, 0.25) is 0 Å². The van der Waals surface area contributed by atoms with Gasteiger partial charge in [-0.15, -0.1) is 0 Å². The molecular weight excluding hydrogens is 234 g/mol. The third-order valence-corrected chi connectivity index (χ3v) is 2.75. The average Bonchev–Trinajstić information content (AvgIpc) is 2.26. The molecule has 0 bridgehead atoms. The molecule has 0 spiro atoms. The molecule has 1 rings (SSSR count). The summed E-state index contributed by atoms with van der Waals surface area (Å²) in [6, 6.07) is -0.763. The minimum Gasteiger partial charge on any atom is -0.468 e. The van der Waals surface area contributed by atoms with Crippen molar-refractivity contribution in [2.45, 2.75) is 39.8 Å². The topological polar surface area (TPSA) is 84.1 Å². The number of aromatic amines is 1. The van der Waals surface area contributed by atoms with Crippen molar-refractivity contribution >= 4 is 5.97 Å². The highest BCUT2D eigenvalue weighted by Gasteiger charge is 2.20. The van der Waals surface area contributed by atoms with Crippen molar-refractivity contribution in [3.8, 4) is 0 Å². The third kappa shape index (κ3) is 3.16. The molecule has 0 aliphatic heterocycles. The highest BCUT2D eigenvalue weighted by atomic mass is 16.5. The standard InChI is InChI=1S/C12H19N3O3/c1-6(13-8(3)12(17)18-5)10-7(2)14-9(4)15-11(10)16/h6,8,13H,1-5H3,(H,14,15,16)/t6?,8-/m0/s1. The molecule has 6 heteroatoms. The van der Waals surface area contributed by atoms with Crippen LogP contribution in [-0.4, -0.2) is 29.1 Å². The molecule has 2 atom stereocenters. The van der Waals surface area contributed by atoms with E-state index in [2.05, 4.69) is 20.0 Å². The molecule has 6 nitrogen and oxygen atoms in total. The van der Waals surface area contributed by atoms with Crippen LogP contribution in [-0.2, 0) is 9.53 Å². The summed E-state index contributed by atoms with van der Waals surface area (Å²) in [5.74, 6) is 0.213. The monoisotopic (exact) mass is 253 g/mol. The molecule has 0 radical (unpaired) electrons. The molecule has 1 heterocycles. The first-order chi connectivity index (χ1) is 8.36. The Hall–Kier alpha value is -1.69. The van der Waals surface area contributed by atoms with Gasteiger partial charge in [0.05, 0.1) is 12.7 Å². The van der Waals surface area contributed by atoms with Crippen molar-refractivity contribution in [1.29, 1.82) is 0 Å². The second-order valence-electron chi connectivity index (χ2n) is 4.28. The fraction of sp³-hybridized carbons (Fsp3) is 0.583. The first kappa shape index (κ1) is 14.4. The molecule has 2 N–H and O–H groups in total. The quantitative estimate of drug-likeness (QED) is 0.768. The van der Waals surface area contributed by atoms with Crippen LogP contribution in [0.3, 0.4) is 0 Å². The minimum absolute atomic E-state index is 0.183. The van der Waals surface area contributed by atoms with Gasteiger partial charge in [-0.2, -0.15) is 0 Å². The molecule has 100 valence electrons. The number of ether oxygens (including phenoxy) is 1. The smallest absolute Gasteiger partial charge is 0.322 e. The second kappa shape index (κ2) is 5.77. The van der Waals surface area contributed by atoms with Crippen LogP contribution in [0, 0.1) is 13.8 Å². The van der Waals surface area contributed by atoms with E-state index in [0.717, 1.165) is 0 Å². The number of H-pyrrole nitrogens is 1. The number of nitrogens with zero attached hydrogens (tertiary/aromatic N) is 1. The van der Waals surface area contributed by atoms with Crippen LogP contribution in [0.5, 0.6) is 0 Å². The van der Waals surface area contributed by atoms with Crippen LogP contribution in [0.2, 0.25) is 0 Å². The summed E-state index contributed by atoms with van der Waals surface area (Å²) in [6.45, 7) is 7.01. The molecule has 1 unspecified atom stereocenters. The van der Waals surface area contributed by atoms with E-state index >= 15 is 0 Å². The van der Waals surface area contributed by atoms with Crippen LogP contribution < -0.4 is 10.9 Å². The van der Waals surface area contributed by atoms with E-state index in [1.807, 2.05) is 6.92 Å². The van der Waals surface area contributed by atoms with Crippen LogP contribution in [0.25, 0.3) is 0 Å². The molecule has 0 saturated heterocycles. The second-order valence-corrected chi connectivity index (χ2v) is 4.28. The predicted octanol–water partition coefficient (Wildman–Crippen LogP) is 0.599. The Balaban J connectivity index is 2.95. The van der Waals surface area contributed by atoms with Gasteiger partial charge in [-0.3, -0.25) is 14.9 Å². The number of aryl methyl sites for hydroxylation is 2.